The molecule has 8 nitrogen and oxygen atoms in total. The van der Waals surface area contributed by atoms with E-state index < -0.39 is 10.0 Å². The molecule has 1 fully saturated rings. The third-order valence-corrected chi connectivity index (χ3v) is 7.22. The quantitative estimate of drug-likeness (QED) is 0.463. The summed E-state index contributed by atoms with van der Waals surface area (Å²) in [5.41, 5.74) is 2.47. The van der Waals surface area contributed by atoms with Gasteiger partial charge in [0.25, 0.3) is 10.0 Å². The lowest BCUT2D eigenvalue weighted by atomic mass is 10.1. The Labute approximate surface area is 182 Å². The van der Waals surface area contributed by atoms with Gasteiger partial charge in [0.2, 0.25) is 5.91 Å². The summed E-state index contributed by atoms with van der Waals surface area (Å²) in [6.07, 6.45) is 2.25. The van der Waals surface area contributed by atoms with Crippen LogP contribution in [0.15, 0.2) is 71.8 Å². The van der Waals surface area contributed by atoms with Crippen LogP contribution in [-0.2, 0) is 14.8 Å². The number of hydrogen-bond donors (Lipinski definition) is 2. The van der Waals surface area contributed by atoms with Gasteiger partial charge in [-0.3, -0.25) is 9.52 Å². The van der Waals surface area contributed by atoms with E-state index in [1.54, 1.807) is 42.5 Å². The third kappa shape index (κ3) is 4.12. The number of hydrogen-bond acceptors (Lipinski definition) is 7. The van der Waals surface area contributed by atoms with E-state index in [2.05, 4.69) is 24.6 Å². The summed E-state index contributed by atoms with van der Waals surface area (Å²) in [6.45, 7) is 0. The largest absolute Gasteiger partial charge is 0.326 e. The number of fused-ring (bicyclic) bond motifs is 1. The summed E-state index contributed by atoms with van der Waals surface area (Å²) >= 11 is 1.28. The zero-order chi connectivity index (χ0) is 21.4. The Morgan fingerprint density at radius 1 is 1.06 bits per heavy atom. The maximum Gasteiger partial charge on any atom is 0.263 e. The predicted octanol–water partition coefficient (Wildman–Crippen LogP) is 3.63. The van der Waals surface area contributed by atoms with Crippen molar-refractivity contribution in [2.45, 2.75) is 17.2 Å². The van der Waals surface area contributed by atoms with Crippen LogP contribution in [0, 0.1) is 5.92 Å². The maximum atomic E-state index is 12.6. The van der Waals surface area contributed by atoms with E-state index in [9.17, 15) is 13.2 Å². The normalized spacial score (nSPS) is 17.9. The van der Waals surface area contributed by atoms with Crippen LogP contribution in [0.1, 0.15) is 17.9 Å². The number of anilines is 2. The van der Waals surface area contributed by atoms with Gasteiger partial charge >= 0.3 is 0 Å². The van der Waals surface area contributed by atoms with Crippen molar-refractivity contribution in [1.29, 1.82) is 0 Å². The van der Waals surface area contributed by atoms with Crippen LogP contribution in [-0.4, -0.2) is 28.9 Å². The van der Waals surface area contributed by atoms with Crippen LogP contribution >= 0.6 is 11.5 Å². The second kappa shape index (κ2) is 7.71. The van der Waals surface area contributed by atoms with Gasteiger partial charge in [0.05, 0.1) is 9.60 Å². The fourth-order valence-electron chi connectivity index (χ4n) is 3.46. The lowest BCUT2D eigenvalue weighted by Crippen LogP contribution is -2.15. The molecular formula is C21H17N5O3S2. The van der Waals surface area contributed by atoms with Gasteiger partial charge in [-0.15, -0.1) is 5.10 Å². The van der Waals surface area contributed by atoms with Crippen molar-refractivity contribution >= 4 is 49.2 Å². The van der Waals surface area contributed by atoms with Crippen LogP contribution in [0.5, 0.6) is 0 Å². The molecule has 156 valence electrons. The number of carbonyl (C=O) groups excluding carboxylic acids is 1. The number of sulfonamides is 1. The van der Waals surface area contributed by atoms with E-state index in [0.717, 1.165) is 27.9 Å². The maximum absolute atomic E-state index is 12.6. The summed E-state index contributed by atoms with van der Waals surface area (Å²) in [6, 6.07) is 17.1. The minimum atomic E-state index is -3.72. The Bertz CT molecular complexity index is 1350. The molecular weight excluding hydrogens is 434 g/mol. The van der Waals surface area contributed by atoms with Crippen LogP contribution in [0.4, 0.5) is 11.5 Å². The Kier molecular flexibility index (Phi) is 4.87. The zero-order valence-corrected chi connectivity index (χ0v) is 17.7. The van der Waals surface area contributed by atoms with Crippen molar-refractivity contribution in [1.82, 2.24) is 14.6 Å². The number of benzene rings is 2. The van der Waals surface area contributed by atoms with Crippen molar-refractivity contribution in [3.8, 4) is 0 Å². The molecule has 1 saturated carbocycles. The number of amides is 1. The number of pyridine rings is 1. The first kappa shape index (κ1) is 19.6. The molecule has 1 aliphatic rings. The first-order valence-electron chi connectivity index (χ1n) is 9.56. The summed E-state index contributed by atoms with van der Waals surface area (Å²) in [5.74, 6) is 0.159. The SMILES string of the molecule is O=C(Nc1ccc2nnsc2c1)[C@@H]1CC1c1ccc(S(=O)(=O)Nc2ccccn2)cc1. The summed E-state index contributed by atoms with van der Waals surface area (Å²) in [4.78, 5) is 16.7. The van der Waals surface area contributed by atoms with E-state index >= 15 is 0 Å². The number of nitrogens with one attached hydrogen (secondary N) is 2. The average Bonchev–Trinajstić information content (AvgIpc) is 3.44. The monoisotopic (exact) mass is 451 g/mol. The van der Waals surface area contributed by atoms with Gasteiger partial charge in [-0.1, -0.05) is 22.7 Å². The molecule has 0 aliphatic heterocycles. The van der Waals surface area contributed by atoms with Gasteiger partial charge in [0, 0.05) is 17.8 Å². The Balaban J connectivity index is 1.24. The standard InChI is InChI=1S/C21H17N5O3S2/c27-21(23-14-6-9-18-19(11-14)30-26-24-18)17-12-16(17)13-4-7-15(8-5-13)31(28,29)25-20-3-1-2-10-22-20/h1-11,16-17H,12H2,(H,22,25)(H,23,27)/t16?,17-/m1/s1. The molecule has 2 atom stereocenters. The summed E-state index contributed by atoms with van der Waals surface area (Å²) < 4.78 is 32.3. The van der Waals surface area contributed by atoms with Gasteiger partial charge in [-0.25, -0.2) is 13.4 Å². The van der Waals surface area contributed by atoms with E-state index in [4.69, 9.17) is 0 Å². The van der Waals surface area contributed by atoms with Gasteiger partial charge in [-0.2, -0.15) is 0 Å². The van der Waals surface area contributed by atoms with Crippen LogP contribution in [0.25, 0.3) is 10.2 Å². The van der Waals surface area contributed by atoms with Crippen LogP contribution in [0.3, 0.4) is 0 Å². The number of aromatic nitrogens is 3. The first-order valence-corrected chi connectivity index (χ1v) is 11.8. The Hall–Kier alpha value is -3.37. The molecule has 0 bridgehead atoms. The molecule has 2 aromatic carbocycles. The zero-order valence-electron chi connectivity index (χ0n) is 16.1. The summed E-state index contributed by atoms with van der Waals surface area (Å²) in [5, 5.41) is 6.94. The Morgan fingerprint density at radius 3 is 2.68 bits per heavy atom. The molecule has 1 unspecified atom stereocenters. The smallest absolute Gasteiger partial charge is 0.263 e. The van der Waals surface area contributed by atoms with E-state index in [1.165, 1.54) is 17.7 Å². The highest BCUT2D eigenvalue weighted by Crippen LogP contribution is 2.48. The molecule has 0 radical (unpaired) electrons. The minimum absolute atomic E-state index is 0.0460. The van der Waals surface area contributed by atoms with Crippen molar-refractivity contribution in [2.24, 2.45) is 5.92 Å². The second-order valence-corrected chi connectivity index (χ2v) is 9.75. The fourth-order valence-corrected chi connectivity index (χ4v) is 5.07. The molecule has 10 heteroatoms. The summed E-state index contributed by atoms with van der Waals surface area (Å²) in [7, 11) is -3.72. The topological polar surface area (TPSA) is 114 Å². The predicted molar refractivity (Wildman–Crippen MR) is 118 cm³/mol. The Morgan fingerprint density at radius 2 is 1.90 bits per heavy atom. The van der Waals surface area contributed by atoms with E-state index in [0.29, 0.717) is 0 Å². The molecule has 1 aliphatic carbocycles. The van der Waals surface area contributed by atoms with Crippen molar-refractivity contribution in [2.75, 3.05) is 10.0 Å². The molecule has 2 aromatic heterocycles. The molecule has 2 N–H and O–H groups in total. The second-order valence-electron chi connectivity index (χ2n) is 7.28. The molecule has 31 heavy (non-hydrogen) atoms. The molecule has 0 spiro atoms. The average molecular weight is 452 g/mol. The third-order valence-electron chi connectivity index (χ3n) is 5.16. The van der Waals surface area contributed by atoms with E-state index in [-0.39, 0.29) is 28.5 Å². The molecule has 1 amide bonds. The van der Waals surface area contributed by atoms with Crippen molar-refractivity contribution in [3.63, 3.8) is 0 Å². The highest BCUT2D eigenvalue weighted by molar-refractivity contribution is 7.92. The number of carbonyl (C=O) groups is 1. The van der Waals surface area contributed by atoms with Gasteiger partial charge in [0.15, 0.2) is 0 Å². The highest BCUT2D eigenvalue weighted by atomic mass is 32.2. The molecule has 4 aromatic rings. The fraction of sp³-hybridized carbons (Fsp3) is 0.143. The van der Waals surface area contributed by atoms with Crippen LogP contribution < -0.4 is 10.0 Å². The highest BCUT2D eigenvalue weighted by Gasteiger charge is 2.44. The minimum Gasteiger partial charge on any atom is -0.326 e. The van der Waals surface area contributed by atoms with Crippen LogP contribution in [0.2, 0.25) is 0 Å². The van der Waals surface area contributed by atoms with Gasteiger partial charge in [0.1, 0.15) is 11.3 Å². The number of nitrogens with zero attached hydrogens (tertiary/aromatic N) is 3. The van der Waals surface area contributed by atoms with Gasteiger partial charge < -0.3 is 5.32 Å². The van der Waals surface area contributed by atoms with Crippen molar-refractivity contribution in [3.05, 3.63) is 72.4 Å². The van der Waals surface area contributed by atoms with Gasteiger partial charge in [-0.05, 0) is 71.9 Å². The lowest BCUT2D eigenvalue weighted by Gasteiger charge is -2.08. The molecule has 0 saturated heterocycles. The molecule has 5 rings (SSSR count). The number of rotatable bonds is 6. The van der Waals surface area contributed by atoms with E-state index in [1.807, 2.05) is 18.2 Å². The molecule has 2 heterocycles. The van der Waals surface area contributed by atoms with Crippen molar-refractivity contribution < 1.29 is 13.2 Å². The lowest BCUT2D eigenvalue weighted by molar-refractivity contribution is -0.117. The first-order chi connectivity index (χ1) is 15.0.